The molecule has 0 atom stereocenters. The fraction of sp³-hybridized carbons (Fsp3) is 0.600. The van der Waals surface area contributed by atoms with Crippen LogP contribution in [-0.2, 0) is 28.6 Å². The molecule has 0 aromatic carbocycles. The summed E-state index contributed by atoms with van der Waals surface area (Å²) >= 11 is 0. The third-order valence-corrected chi connectivity index (χ3v) is 2.09. The molecule has 0 bridgehead atoms. The molecule has 1 saturated heterocycles. The normalized spacial score (nSPS) is 14.3. The van der Waals surface area contributed by atoms with E-state index in [1.165, 1.54) is 0 Å². The van der Waals surface area contributed by atoms with Crippen molar-refractivity contribution >= 4 is 24.1 Å². The van der Waals surface area contributed by atoms with Crippen molar-refractivity contribution in [1.82, 2.24) is 5.06 Å². The molecule has 0 spiro atoms. The van der Waals surface area contributed by atoms with Crippen molar-refractivity contribution in [2.24, 2.45) is 5.73 Å². The van der Waals surface area contributed by atoms with Gasteiger partial charge in [-0.15, -0.1) is 0 Å². The molecular weight excluding hydrogens is 276 g/mol. The fourth-order valence-electron chi connectivity index (χ4n) is 1.25. The van der Waals surface area contributed by atoms with E-state index in [1.54, 1.807) is 0 Å². The van der Waals surface area contributed by atoms with Crippen molar-refractivity contribution in [3.63, 3.8) is 0 Å². The highest BCUT2D eigenvalue weighted by Gasteiger charge is 2.33. The van der Waals surface area contributed by atoms with Crippen LogP contribution in [0.2, 0.25) is 0 Å². The minimum atomic E-state index is -1.18. The Morgan fingerprint density at radius 1 is 1.00 bits per heavy atom. The lowest BCUT2D eigenvalue weighted by Gasteiger charge is -2.12. The van der Waals surface area contributed by atoms with Crippen LogP contribution in [0, 0.1) is 0 Å². The van der Waals surface area contributed by atoms with E-state index in [-0.39, 0.29) is 39.3 Å². The van der Waals surface area contributed by atoms with Crippen LogP contribution in [0.5, 0.6) is 0 Å². The van der Waals surface area contributed by atoms with E-state index in [4.69, 9.17) is 10.5 Å². The Morgan fingerprint density at radius 3 is 2.10 bits per heavy atom. The Bertz CT molecular complexity index is 381. The molecular formula is C10H14N2O8. The van der Waals surface area contributed by atoms with Crippen LogP contribution < -0.4 is 5.73 Å². The summed E-state index contributed by atoms with van der Waals surface area (Å²) in [6.45, 7) is -0.0499. The first kappa shape index (κ1) is 15.7. The lowest BCUT2D eigenvalue weighted by Crippen LogP contribution is -2.32. The summed E-state index contributed by atoms with van der Waals surface area (Å²) in [5, 5.41) is 0.379. The summed E-state index contributed by atoms with van der Waals surface area (Å²) in [6.07, 6.45) is -2.07. The summed E-state index contributed by atoms with van der Waals surface area (Å²) in [4.78, 5) is 48.0. The molecule has 10 nitrogen and oxygen atoms in total. The number of nitrogens with zero attached hydrogens (tertiary/aromatic N) is 1. The summed E-state index contributed by atoms with van der Waals surface area (Å²) in [5.74, 6) is -1.18. The van der Waals surface area contributed by atoms with Gasteiger partial charge in [-0.05, 0) is 0 Å². The fourth-order valence-corrected chi connectivity index (χ4v) is 1.25. The van der Waals surface area contributed by atoms with Gasteiger partial charge >= 0.3 is 12.2 Å². The third-order valence-electron chi connectivity index (χ3n) is 2.09. The average molecular weight is 290 g/mol. The van der Waals surface area contributed by atoms with Gasteiger partial charge in [-0.2, -0.15) is 0 Å². The van der Waals surface area contributed by atoms with Crippen molar-refractivity contribution in [3.8, 4) is 0 Å². The Hall–Kier alpha value is -2.36. The van der Waals surface area contributed by atoms with Gasteiger partial charge in [-0.1, -0.05) is 5.06 Å². The predicted molar refractivity (Wildman–Crippen MR) is 59.9 cm³/mol. The third kappa shape index (κ3) is 5.52. The molecule has 1 rings (SSSR count). The Morgan fingerprint density at radius 2 is 1.55 bits per heavy atom. The van der Waals surface area contributed by atoms with Gasteiger partial charge in [0, 0.05) is 12.8 Å². The van der Waals surface area contributed by atoms with Gasteiger partial charge in [0.25, 0.3) is 11.8 Å². The number of imide groups is 1. The first-order chi connectivity index (χ1) is 9.50. The second-order valence-corrected chi connectivity index (χ2v) is 3.55. The van der Waals surface area contributed by atoms with Gasteiger partial charge < -0.3 is 19.9 Å². The van der Waals surface area contributed by atoms with E-state index in [0.29, 0.717) is 5.06 Å². The molecule has 1 aliphatic rings. The summed E-state index contributed by atoms with van der Waals surface area (Å²) < 4.78 is 13.9. The lowest BCUT2D eigenvalue weighted by atomic mass is 10.4. The second kappa shape index (κ2) is 7.94. The number of hydrogen-bond acceptors (Lipinski definition) is 8. The van der Waals surface area contributed by atoms with Crippen LogP contribution in [0.1, 0.15) is 12.8 Å². The zero-order chi connectivity index (χ0) is 15.0. The van der Waals surface area contributed by atoms with Crippen molar-refractivity contribution in [2.45, 2.75) is 12.8 Å². The van der Waals surface area contributed by atoms with Crippen LogP contribution in [-0.4, -0.2) is 55.6 Å². The van der Waals surface area contributed by atoms with Crippen molar-refractivity contribution in [3.05, 3.63) is 0 Å². The van der Waals surface area contributed by atoms with E-state index in [9.17, 15) is 19.2 Å². The molecule has 0 radical (unpaired) electrons. The molecule has 0 saturated carbocycles. The largest absolute Gasteiger partial charge is 0.534 e. The van der Waals surface area contributed by atoms with Crippen LogP contribution in [0.3, 0.4) is 0 Å². The summed E-state index contributed by atoms with van der Waals surface area (Å²) in [7, 11) is 0. The van der Waals surface area contributed by atoms with E-state index in [2.05, 4.69) is 14.3 Å². The number of primary amides is 1. The van der Waals surface area contributed by atoms with Gasteiger partial charge in [0.05, 0.1) is 13.2 Å². The van der Waals surface area contributed by atoms with E-state index in [1.807, 2.05) is 0 Å². The Balaban J connectivity index is 2.04. The molecule has 2 N–H and O–H groups in total. The van der Waals surface area contributed by atoms with Gasteiger partial charge in [-0.25, -0.2) is 9.59 Å². The number of ether oxygens (including phenoxy) is 3. The standard InChI is InChI=1S/C10H14N2O8/c11-9(15)18-5-3-17-4-6-19-10(16)20-12-7(13)1-2-8(12)14/h1-6H2,(H2,11,15). The predicted octanol–water partition coefficient (Wildman–Crippen LogP) is -0.685. The Kier molecular flexibility index (Phi) is 6.23. The first-order valence-corrected chi connectivity index (χ1v) is 5.71. The zero-order valence-electron chi connectivity index (χ0n) is 10.5. The van der Waals surface area contributed by atoms with Crippen molar-refractivity contribution in [1.29, 1.82) is 0 Å². The number of carbonyl (C=O) groups excluding carboxylic acids is 4. The number of hydroxylamine groups is 2. The smallest absolute Gasteiger partial charge is 0.447 e. The summed E-state index contributed by atoms with van der Waals surface area (Å²) in [5.41, 5.74) is 4.71. The molecule has 1 fully saturated rings. The molecule has 112 valence electrons. The van der Waals surface area contributed by atoms with Crippen LogP contribution in [0.25, 0.3) is 0 Å². The highest BCUT2D eigenvalue weighted by atomic mass is 16.8. The van der Waals surface area contributed by atoms with Crippen LogP contribution in [0.4, 0.5) is 9.59 Å². The van der Waals surface area contributed by atoms with E-state index < -0.39 is 24.1 Å². The second-order valence-electron chi connectivity index (χ2n) is 3.55. The van der Waals surface area contributed by atoms with Crippen LogP contribution in [0.15, 0.2) is 0 Å². The lowest BCUT2D eigenvalue weighted by molar-refractivity contribution is -0.177. The molecule has 10 heteroatoms. The maximum atomic E-state index is 11.1. The molecule has 0 unspecified atom stereocenters. The van der Waals surface area contributed by atoms with Gasteiger partial charge in [-0.3, -0.25) is 14.4 Å². The number of carbonyl (C=O) groups is 4. The van der Waals surface area contributed by atoms with Gasteiger partial charge in [0.2, 0.25) is 0 Å². The maximum absolute atomic E-state index is 11.1. The van der Waals surface area contributed by atoms with Gasteiger partial charge in [0.1, 0.15) is 13.2 Å². The topological polar surface area (TPSA) is 134 Å². The number of rotatable bonds is 7. The first-order valence-electron chi connectivity index (χ1n) is 5.71. The number of nitrogens with two attached hydrogens (primary N) is 1. The van der Waals surface area contributed by atoms with E-state index >= 15 is 0 Å². The molecule has 20 heavy (non-hydrogen) atoms. The molecule has 1 aliphatic heterocycles. The highest BCUT2D eigenvalue weighted by molar-refractivity contribution is 6.01. The van der Waals surface area contributed by atoms with Crippen molar-refractivity contribution < 1.29 is 38.2 Å². The molecule has 0 aliphatic carbocycles. The zero-order valence-corrected chi connectivity index (χ0v) is 10.5. The number of amides is 3. The van der Waals surface area contributed by atoms with E-state index in [0.717, 1.165) is 0 Å². The van der Waals surface area contributed by atoms with Gasteiger partial charge in [0.15, 0.2) is 0 Å². The van der Waals surface area contributed by atoms with Crippen molar-refractivity contribution in [2.75, 3.05) is 26.4 Å². The SMILES string of the molecule is NC(=O)OCCOCCOC(=O)ON1C(=O)CCC1=O. The monoisotopic (exact) mass is 290 g/mol. The molecule has 1 heterocycles. The maximum Gasteiger partial charge on any atom is 0.534 e. The molecule has 0 aromatic rings. The Labute approximate surface area is 113 Å². The quantitative estimate of drug-likeness (QED) is 0.370. The molecule has 3 amide bonds. The summed E-state index contributed by atoms with van der Waals surface area (Å²) in [6, 6.07) is 0. The highest BCUT2D eigenvalue weighted by Crippen LogP contribution is 2.12. The average Bonchev–Trinajstić information content (AvgIpc) is 2.69. The minimum absolute atomic E-state index is 0.00902. The molecule has 0 aromatic heterocycles. The minimum Gasteiger partial charge on any atom is -0.447 e. The van der Waals surface area contributed by atoms with Crippen LogP contribution >= 0.6 is 0 Å². The number of hydrogen-bond donors (Lipinski definition) is 1.